The Morgan fingerprint density at radius 2 is 0.626 bits per heavy atom. The van der Waals surface area contributed by atoms with Gasteiger partial charge in [-0.1, -0.05) is 208 Å². The van der Waals surface area contributed by atoms with Crippen molar-refractivity contribution in [3.8, 4) is 0 Å². The predicted octanol–water partition coefficient (Wildman–Crippen LogP) is 7.65. The minimum absolute atomic E-state index is 0.144. The zero-order chi connectivity index (χ0) is 66.1. The third-order valence-corrected chi connectivity index (χ3v) is 38.9. The summed E-state index contributed by atoms with van der Waals surface area (Å²) in [6.45, 7) is 26.4. The lowest BCUT2D eigenvalue weighted by atomic mass is 10.4. The highest BCUT2D eigenvalue weighted by Gasteiger charge is 2.58. The first-order valence-electron chi connectivity index (χ1n) is 29.3. The largest absolute Gasteiger partial charge is 0.460 e. The van der Waals surface area contributed by atoms with Gasteiger partial charge >= 0.3 is 75.2 Å². The van der Waals surface area contributed by atoms with E-state index in [1.54, 1.807) is 0 Å². The van der Waals surface area contributed by atoms with Crippen molar-refractivity contribution in [1.29, 1.82) is 0 Å². The molecule has 6 rings (SSSR count). The molecule has 484 valence electrons. The summed E-state index contributed by atoms with van der Waals surface area (Å²) in [5, 5.41) is 4.26. The Hall–Kier alpha value is -6.98. The summed E-state index contributed by atoms with van der Waals surface area (Å²) in [6, 6.07) is 57.4. The van der Waals surface area contributed by atoms with E-state index in [4.69, 9.17) is 67.3 Å². The smallest absolute Gasteiger partial charge is 0.364 e. The number of carbonyl (C=O) groups is 4. The number of esters is 4. The van der Waals surface area contributed by atoms with E-state index in [-0.39, 0.29) is 50.8 Å². The molecule has 19 nitrogen and oxygen atoms in total. The lowest BCUT2D eigenvalue weighted by Crippen LogP contribution is -2.74. The Morgan fingerprint density at radius 1 is 0.374 bits per heavy atom. The van der Waals surface area contributed by atoms with Crippen LogP contribution in [0.3, 0.4) is 0 Å². The molecule has 91 heavy (non-hydrogen) atoms. The fraction of sp³-hybridized carbons (Fsp3) is 0.273. The Balaban J connectivity index is 1.50. The van der Waals surface area contributed by atoms with E-state index < -0.39 is 94.5 Å². The van der Waals surface area contributed by atoms with Crippen LogP contribution in [-0.4, -0.2) is 134 Å². The van der Waals surface area contributed by atoms with E-state index in [0.717, 1.165) is 32.9 Å². The highest BCUT2D eigenvalue weighted by atomic mass is 28.5. The summed E-state index contributed by atoms with van der Waals surface area (Å²) in [5.41, 5.74) is 0.357. The number of carbonyl (C=O) groups excluding carboxylic acids is 4. The molecule has 0 fully saturated rings. The van der Waals surface area contributed by atoms with Gasteiger partial charge in [-0.25, -0.2) is 19.2 Å². The van der Waals surface area contributed by atoms with Crippen LogP contribution in [0, 0.1) is 0 Å². The number of benzene rings is 6. The molecule has 0 amide bonds. The number of hydrogen-bond acceptors (Lipinski definition) is 19. The van der Waals surface area contributed by atoms with Crippen molar-refractivity contribution in [2.45, 2.75) is 79.3 Å². The fourth-order valence-corrected chi connectivity index (χ4v) is 37.5. The van der Waals surface area contributed by atoms with Crippen molar-refractivity contribution in [2.75, 3.05) is 39.6 Å². The Bertz CT molecular complexity index is 3330. The number of hydrogen-bond donors (Lipinski definition) is 0. The van der Waals surface area contributed by atoms with Gasteiger partial charge in [0.05, 0.1) is 19.8 Å². The first-order chi connectivity index (χ1) is 43.4. The Kier molecular flexibility index (Phi) is 27.8. The second-order valence-corrected chi connectivity index (χ2v) is 40.7. The molecule has 0 aromatic heterocycles. The van der Waals surface area contributed by atoms with Crippen LogP contribution in [0.2, 0.25) is 39.3 Å². The van der Waals surface area contributed by atoms with Crippen LogP contribution in [0.4, 0.5) is 0 Å². The van der Waals surface area contributed by atoms with Crippen molar-refractivity contribution >= 4 is 106 Å². The van der Waals surface area contributed by atoms with E-state index in [0.29, 0.717) is 10.4 Å². The maximum atomic E-state index is 12.8. The third kappa shape index (κ3) is 21.8. The molecule has 6 aromatic rings. The van der Waals surface area contributed by atoms with Gasteiger partial charge in [0.2, 0.25) is 6.29 Å². The highest BCUT2D eigenvalue weighted by molar-refractivity contribution is 7.03. The van der Waals surface area contributed by atoms with Gasteiger partial charge in [-0.3, -0.25) is 4.74 Å². The van der Waals surface area contributed by atoms with Crippen LogP contribution < -0.4 is 31.1 Å². The van der Waals surface area contributed by atoms with Crippen LogP contribution in [0.15, 0.2) is 232 Å². The third-order valence-electron chi connectivity index (χ3n) is 13.7. The fourth-order valence-electron chi connectivity index (χ4n) is 9.27. The van der Waals surface area contributed by atoms with Gasteiger partial charge in [0.15, 0.2) is 0 Å². The SMILES string of the molecule is C=CC(=O)OCCOC(OCCOC(=O)C(=C)C)O[Si](C)(O[Si](C)(O[Si](C)(O[Si](C)(O[Si](C)(O[Si](C)(OC(OCCOC(=O)C=C)OC(C)OC(=O)C(=C)C)c1ccccc1)c1ccccc1)c1ccccc1)c1ccccc1)c1ccccc1)c1ccccc1. The van der Waals surface area contributed by atoms with Gasteiger partial charge in [0, 0.05) is 23.3 Å². The maximum Gasteiger partial charge on any atom is 0.364 e. The lowest BCUT2D eigenvalue weighted by Gasteiger charge is -2.47. The number of ether oxygens (including phenoxy) is 8. The molecule has 0 spiro atoms. The molecule has 0 heterocycles. The first kappa shape index (κ1) is 73.1. The molecule has 25 heteroatoms. The molecule has 0 N–H and O–H groups in total. The molecular formula is C66H82O19Si6. The zero-order valence-electron chi connectivity index (χ0n) is 53.0. The first-order valence-corrected chi connectivity index (χ1v) is 43.2. The molecule has 0 aliphatic carbocycles. The van der Waals surface area contributed by atoms with Crippen LogP contribution in [0.25, 0.3) is 0 Å². The molecular weight excluding hydrogens is 1270 g/mol. The Labute approximate surface area is 540 Å². The topological polar surface area (TPSA) is 207 Å². The van der Waals surface area contributed by atoms with Gasteiger partial charge in [0.25, 0.3) is 13.0 Å². The van der Waals surface area contributed by atoms with Gasteiger partial charge in [0.1, 0.15) is 19.8 Å². The van der Waals surface area contributed by atoms with Gasteiger partial charge in [-0.05, 0) is 91.2 Å². The summed E-state index contributed by atoms with van der Waals surface area (Å²) in [4.78, 5) is 49.4. The van der Waals surface area contributed by atoms with Crippen LogP contribution in [0.1, 0.15) is 20.8 Å². The molecule has 0 saturated heterocycles. The van der Waals surface area contributed by atoms with Gasteiger partial charge in [-0.15, -0.1) is 0 Å². The maximum absolute atomic E-state index is 12.8. The van der Waals surface area contributed by atoms with Crippen molar-refractivity contribution in [3.63, 3.8) is 0 Å². The summed E-state index contributed by atoms with van der Waals surface area (Å²) < 4.78 is 99.6. The van der Waals surface area contributed by atoms with Crippen LogP contribution in [0.5, 0.6) is 0 Å². The van der Waals surface area contributed by atoms with E-state index in [1.807, 2.05) is 221 Å². The molecule has 9 atom stereocenters. The standard InChI is InChI=1S/C66H82O19Si6/c1-14-61(67)71-46-49-74-65(75-51-48-73-63(69)52(3)4)79-86(8,55-34-22-16-23-35-55)81-88(10,57-38-26-18-27-39-57)83-90(12,59-42-30-20-31-43-59)85-91(13,60-44-32-21-33-45-60)84-89(11,58-40-28-19-29-41-58)82-87(9,56-36-24-17-25-37-56)80-66(76-50-47-72-62(68)15-2)78-54(7)77-64(70)53(5)6/h14-45,54,65-66H,1-3,5,46-51H2,4,6-13H3. The zero-order valence-corrected chi connectivity index (χ0v) is 59.0. The van der Waals surface area contributed by atoms with Gasteiger partial charge < -0.3 is 62.6 Å². The summed E-state index contributed by atoms with van der Waals surface area (Å²) in [7, 11) is -24.0. The summed E-state index contributed by atoms with van der Waals surface area (Å²) in [6.07, 6.45) is 0.858. The molecule has 0 saturated carbocycles. The Morgan fingerprint density at radius 3 is 0.912 bits per heavy atom. The molecule has 0 aliphatic heterocycles. The minimum Gasteiger partial charge on any atom is -0.460 e. The predicted molar refractivity (Wildman–Crippen MR) is 359 cm³/mol. The van der Waals surface area contributed by atoms with Crippen molar-refractivity contribution in [2.24, 2.45) is 0 Å². The second-order valence-electron chi connectivity index (χ2n) is 21.4. The average molecular weight is 1350 g/mol. The second kappa shape index (κ2) is 34.6. The monoisotopic (exact) mass is 1350 g/mol. The number of rotatable bonds is 39. The van der Waals surface area contributed by atoms with E-state index in [9.17, 15) is 19.2 Å². The molecule has 0 bridgehead atoms. The van der Waals surface area contributed by atoms with Crippen molar-refractivity contribution in [3.05, 3.63) is 232 Å². The van der Waals surface area contributed by atoms with Gasteiger partial charge in [-0.2, -0.15) is 0 Å². The lowest BCUT2D eigenvalue weighted by molar-refractivity contribution is -0.308. The molecule has 6 aromatic carbocycles. The minimum atomic E-state index is -4.03. The summed E-state index contributed by atoms with van der Waals surface area (Å²) in [5.74, 6) is -2.61. The normalized spacial score (nSPS) is 16.4. The van der Waals surface area contributed by atoms with E-state index in [2.05, 4.69) is 26.3 Å². The summed E-state index contributed by atoms with van der Waals surface area (Å²) >= 11 is 0. The van der Waals surface area contributed by atoms with Crippen molar-refractivity contribution in [1.82, 2.24) is 0 Å². The van der Waals surface area contributed by atoms with E-state index in [1.165, 1.54) is 20.8 Å². The van der Waals surface area contributed by atoms with Crippen LogP contribution in [-0.2, 0) is 86.5 Å². The highest BCUT2D eigenvalue weighted by Crippen LogP contribution is 2.31. The quantitative estimate of drug-likeness (QED) is 0.00907. The van der Waals surface area contributed by atoms with Crippen molar-refractivity contribution < 1.29 is 86.5 Å². The molecule has 9 unspecified atom stereocenters. The molecule has 0 aliphatic rings. The molecule has 0 radical (unpaired) electrons. The average Bonchev–Trinajstić information content (AvgIpc) is 0.887. The van der Waals surface area contributed by atoms with Crippen LogP contribution >= 0.6 is 0 Å². The van der Waals surface area contributed by atoms with E-state index >= 15 is 0 Å².